The van der Waals surface area contributed by atoms with Gasteiger partial charge < -0.3 is 0 Å². The van der Waals surface area contributed by atoms with Gasteiger partial charge in [-0.25, -0.2) is 0 Å². The van der Waals surface area contributed by atoms with Crippen LogP contribution in [0.1, 0.15) is 72.1 Å². The molecule has 0 bridgehead atoms. The maximum Gasteiger partial charge on any atom is -0.0357 e. The van der Waals surface area contributed by atoms with Crippen molar-refractivity contribution in [2.24, 2.45) is 17.8 Å². The van der Waals surface area contributed by atoms with Crippen molar-refractivity contribution in [1.29, 1.82) is 0 Å². The normalized spacial score (nSPS) is 27.6. The number of hydrogen-bond donors (Lipinski definition) is 0. The van der Waals surface area contributed by atoms with E-state index in [1.165, 1.54) is 51.4 Å². The first-order valence-corrected chi connectivity index (χ1v) is 6.79. The third-order valence-corrected chi connectivity index (χ3v) is 3.88. The van der Waals surface area contributed by atoms with Gasteiger partial charge in [0.05, 0.1) is 0 Å². The molecule has 0 aromatic carbocycles. The van der Waals surface area contributed by atoms with Crippen molar-refractivity contribution in [2.75, 3.05) is 0 Å². The van der Waals surface area contributed by atoms with E-state index in [4.69, 9.17) is 0 Å². The molecule has 0 heteroatoms. The molecule has 14 heavy (non-hydrogen) atoms. The molecule has 1 aliphatic rings. The summed E-state index contributed by atoms with van der Waals surface area (Å²) in [6, 6.07) is 0. The van der Waals surface area contributed by atoms with Gasteiger partial charge in [-0.3, -0.25) is 0 Å². The van der Waals surface area contributed by atoms with Gasteiger partial charge in [0.15, 0.2) is 0 Å². The molecule has 1 rings (SSSR count). The van der Waals surface area contributed by atoms with Crippen LogP contribution < -0.4 is 0 Å². The Hall–Kier alpha value is 0. The Balaban J connectivity index is 2.15. The summed E-state index contributed by atoms with van der Waals surface area (Å²) in [6.07, 6.45) is 11.7. The van der Waals surface area contributed by atoms with Crippen LogP contribution in [0.5, 0.6) is 0 Å². The molecular formula is C14H28. The average molecular weight is 196 g/mol. The van der Waals surface area contributed by atoms with Gasteiger partial charge >= 0.3 is 0 Å². The Kier molecular flexibility index (Phi) is 5.59. The summed E-state index contributed by atoms with van der Waals surface area (Å²) in [5.41, 5.74) is 0. The SMILES string of the molecule is CCCCCC(CCCC)C1CC1C. The fourth-order valence-corrected chi connectivity index (χ4v) is 2.70. The van der Waals surface area contributed by atoms with E-state index in [0.717, 1.165) is 17.8 Å². The molecule has 3 unspecified atom stereocenters. The average Bonchev–Trinajstić information content (AvgIpc) is 2.89. The molecule has 0 nitrogen and oxygen atoms in total. The largest absolute Gasteiger partial charge is 0.0654 e. The topological polar surface area (TPSA) is 0 Å². The Bertz CT molecular complexity index is 139. The molecule has 0 amide bonds. The molecule has 0 saturated heterocycles. The summed E-state index contributed by atoms with van der Waals surface area (Å²) in [6.45, 7) is 7.06. The predicted octanol–water partition coefficient (Wildman–Crippen LogP) is 5.03. The van der Waals surface area contributed by atoms with Crippen LogP contribution in [0.2, 0.25) is 0 Å². The Labute approximate surface area is 90.5 Å². The Morgan fingerprint density at radius 1 is 1.00 bits per heavy atom. The van der Waals surface area contributed by atoms with Gasteiger partial charge in [-0.05, 0) is 24.2 Å². The first-order chi connectivity index (χ1) is 6.79. The van der Waals surface area contributed by atoms with E-state index in [1.54, 1.807) is 0 Å². The molecule has 0 N–H and O–H groups in total. The van der Waals surface area contributed by atoms with Crippen LogP contribution in [0.15, 0.2) is 0 Å². The lowest BCUT2D eigenvalue weighted by Crippen LogP contribution is -2.04. The van der Waals surface area contributed by atoms with Crippen molar-refractivity contribution in [3.8, 4) is 0 Å². The zero-order chi connectivity index (χ0) is 10.4. The molecule has 84 valence electrons. The van der Waals surface area contributed by atoms with Crippen LogP contribution in [0.3, 0.4) is 0 Å². The van der Waals surface area contributed by atoms with Crippen LogP contribution in [-0.2, 0) is 0 Å². The molecule has 1 saturated carbocycles. The smallest absolute Gasteiger partial charge is 0.0357 e. The monoisotopic (exact) mass is 196 g/mol. The van der Waals surface area contributed by atoms with E-state index in [2.05, 4.69) is 20.8 Å². The highest BCUT2D eigenvalue weighted by Crippen LogP contribution is 2.47. The van der Waals surface area contributed by atoms with E-state index in [-0.39, 0.29) is 0 Å². The van der Waals surface area contributed by atoms with Crippen molar-refractivity contribution in [3.63, 3.8) is 0 Å². The Morgan fingerprint density at radius 3 is 2.07 bits per heavy atom. The third kappa shape index (κ3) is 4.02. The molecule has 1 aliphatic carbocycles. The van der Waals surface area contributed by atoms with Crippen molar-refractivity contribution in [2.45, 2.75) is 72.1 Å². The van der Waals surface area contributed by atoms with Crippen molar-refractivity contribution < 1.29 is 0 Å². The predicted molar refractivity (Wildman–Crippen MR) is 64.4 cm³/mol. The molecule has 0 aromatic rings. The fraction of sp³-hybridized carbons (Fsp3) is 1.00. The molecule has 3 atom stereocenters. The molecular weight excluding hydrogens is 168 g/mol. The van der Waals surface area contributed by atoms with Gasteiger partial charge in [-0.15, -0.1) is 0 Å². The van der Waals surface area contributed by atoms with E-state index in [1.807, 2.05) is 0 Å². The number of hydrogen-bond acceptors (Lipinski definition) is 0. The first kappa shape index (κ1) is 12.1. The van der Waals surface area contributed by atoms with Crippen LogP contribution >= 0.6 is 0 Å². The molecule has 0 aliphatic heterocycles. The highest BCUT2D eigenvalue weighted by Gasteiger charge is 2.38. The fourth-order valence-electron chi connectivity index (χ4n) is 2.70. The van der Waals surface area contributed by atoms with Gasteiger partial charge in [0, 0.05) is 0 Å². The minimum absolute atomic E-state index is 1.05. The van der Waals surface area contributed by atoms with Gasteiger partial charge in [0.1, 0.15) is 0 Å². The summed E-state index contributed by atoms with van der Waals surface area (Å²) in [5, 5.41) is 0. The van der Waals surface area contributed by atoms with Crippen LogP contribution in [0, 0.1) is 17.8 Å². The van der Waals surface area contributed by atoms with Crippen molar-refractivity contribution >= 4 is 0 Å². The minimum atomic E-state index is 1.05. The molecule has 0 aromatic heterocycles. The minimum Gasteiger partial charge on any atom is -0.0654 e. The quantitative estimate of drug-likeness (QED) is 0.478. The number of unbranched alkanes of at least 4 members (excludes halogenated alkanes) is 3. The highest BCUT2D eigenvalue weighted by molar-refractivity contribution is 4.88. The van der Waals surface area contributed by atoms with Crippen LogP contribution in [0.25, 0.3) is 0 Å². The van der Waals surface area contributed by atoms with Crippen molar-refractivity contribution in [3.05, 3.63) is 0 Å². The zero-order valence-corrected chi connectivity index (χ0v) is 10.4. The second-order valence-corrected chi connectivity index (χ2v) is 5.27. The lowest BCUT2D eigenvalue weighted by atomic mass is 9.90. The van der Waals surface area contributed by atoms with E-state index in [0.29, 0.717) is 0 Å². The van der Waals surface area contributed by atoms with Gasteiger partial charge in [-0.2, -0.15) is 0 Å². The van der Waals surface area contributed by atoms with Gasteiger partial charge in [-0.1, -0.05) is 65.7 Å². The second-order valence-electron chi connectivity index (χ2n) is 5.27. The summed E-state index contributed by atoms with van der Waals surface area (Å²) < 4.78 is 0. The lowest BCUT2D eigenvalue weighted by Gasteiger charge is -2.16. The summed E-state index contributed by atoms with van der Waals surface area (Å²) >= 11 is 0. The van der Waals surface area contributed by atoms with Crippen LogP contribution in [-0.4, -0.2) is 0 Å². The molecule has 0 radical (unpaired) electrons. The highest BCUT2D eigenvalue weighted by atomic mass is 14.4. The van der Waals surface area contributed by atoms with Gasteiger partial charge in [0.2, 0.25) is 0 Å². The second kappa shape index (κ2) is 6.48. The zero-order valence-electron chi connectivity index (χ0n) is 10.4. The molecule has 0 spiro atoms. The number of rotatable bonds is 8. The van der Waals surface area contributed by atoms with Gasteiger partial charge in [0.25, 0.3) is 0 Å². The molecule has 1 fully saturated rings. The van der Waals surface area contributed by atoms with Crippen molar-refractivity contribution in [1.82, 2.24) is 0 Å². The van der Waals surface area contributed by atoms with Crippen LogP contribution in [0.4, 0.5) is 0 Å². The maximum atomic E-state index is 2.43. The van der Waals surface area contributed by atoms with E-state index < -0.39 is 0 Å². The van der Waals surface area contributed by atoms with E-state index in [9.17, 15) is 0 Å². The standard InChI is InChI=1S/C14H28/c1-4-6-8-10-13(9-7-5-2)14-11-12(14)3/h12-14H,4-11H2,1-3H3. The van der Waals surface area contributed by atoms with E-state index >= 15 is 0 Å². The Morgan fingerprint density at radius 2 is 1.57 bits per heavy atom. The summed E-state index contributed by atoms with van der Waals surface area (Å²) in [7, 11) is 0. The lowest BCUT2D eigenvalue weighted by molar-refractivity contribution is 0.358. The first-order valence-electron chi connectivity index (χ1n) is 6.79. The third-order valence-electron chi connectivity index (χ3n) is 3.88. The summed E-state index contributed by atoms with van der Waals surface area (Å²) in [5.74, 6) is 3.24. The summed E-state index contributed by atoms with van der Waals surface area (Å²) in [4.78, 5) is 0. The maximum absolute atomic E-state index is 2.43. The molecule has 0 heterocycles.